The fourth-order valence-corrected chi connectivity index (χ4v) is 0.413. The molecule has 0 aromatic carbocycles. The summed E-state index contributed by atoms with van der Waals surface area (Å²) in [6.45, 7) is 6.44. The summed E-state index contributed by atoms with van der Waals surface area (Å²) in [5.74, 6) is 0. The molecule has 0 heterocycles. The Hall–Kier alpha value is -0.370. The molecular weight excluding hydrogens is 116 g/mol. The van der Waals surface area contributed by atoms with E-state index in [-0.39, 0.29) is 5.60 Å². The van der Waals surface area contributed by atoms with Crippen LogP contribution in [0.2, 0.25) is 0 Å². The lowest BCUT2D eigenvalue weighted by Crippen LogP contribution is -2.19. The van der Waals surface area contributed by atoms with Gasteiger partial charge in [-0.15, -0.1) is 0 Å². The number of carbonyl (C=O) groups excluding carboxylic acids is 1. The summed E-state index contributed by atoms with van der Waals surface area (Å²) in [5.41, 5.74) is -0.108. The Morgan fingerprint density at radius 1 is 1.44 bits per heavy atom. The zero-order valence-corrected chi connectivity index (χ0v) is 6.31. The molecule has 0 aliphatic carbocycles. The topological polar surface area (TPSA) is 26.3 Å². The lowest BCUT2D eigenvalue weighted by Gasteiger charge is -2.18. The largest absolute Gasteiger partial charge is 0.375 e. The van der Waals surface area contributed by atoms with E-state index in [1.165, 1.54) is 0 Å². The Morgan fingerprint density at radius 2 is 2.00 bits per heavy atom. The van der Waals surface area contributed by atoms with Gasteiger partial charge in [-0.1, -0.05) is 0 Å². The Labute approximate surface area is 56.2 Å². The second-order valence-corrected chi connectivity index (χ2v) is 2.92. The van der Waals surface area contributed by atoms with Gasteiger partial charge in [0.05, 0.1) is 12.2 Å². The lowest BCUT2D eigenvalue weighted by atomic mass is 10.2. The van der Waals surface area contributed by atoms with Crippen molar-refractivity contribution < 1.29 is 9.53 Å². The standard InChI is InChI=1S/C7H14O2/c1-7(2,3)9-6-4-5-8/h5H,4,6H2,1-3H3. The number of hydrogen-bond donors (Lipinski definition) is 0. The quantitative estimate of drug-likeness (QED) is 0.426. The van der Waals surface area contributed by atoms with Gasteiger partial charge in [0, 0.05) is 6.42 Å². The molecule has 0 saturated carbocycles. The predicted octanol–water partition coefficient (Wildman–Crippen LogP) is 1.39. The summed E-state index contributed by atoms with van der Waals surface area (Å²) in [5, 5.41) is 0. The fourth-order valence-electron chi connectivity index (χ4n) is 0.413. The number of hydrogen-bond acceptors (Lipinski definition) is 2. The van der Waals surface area contributed by atoms with Gasteiger partial charge in [0.25, 0.3) is 0 Å². The summed E-state index contributed by atoms with van der Waals surface area (Å²) < 4.78 is 5.24. The minimum absolute atomic E-state index is 0.108. The molecule has 0 aliphatic rings. The Balaban J connectivity index is 3.17. The van der Waals surface area contributed by atoms with E-state index in [0.29, 0.717) is 13.0 Å². The van der Waals surface area contributed by atoms with Gasteiger partial charge >= 0.3 is 0 Å². The summed E-state index contributed by atoms with van der Waals surface area (Å²) in [7, 11) is 0. The van der Waals surface area contributed by atoms with Crippen LogP contribution in [0.25, 0.3) is 0 Å². The van der Waals surface area contributed by atoms with Crippen molar-refractivity contribution in [2.45, 2.75) is 32.8 Å². The first-order chi connectivity index (χ1) is 4.06. The molecule has 54 valence electrons. The Morgan fingerprint density at radius 3 is 2.33 bits per heavy atom. The van der Waals surface area contributed by atoms with Crippen molar-refractivity contribution in [1.82, 2.24) is 0 Å². The van der Waals surface area contributed by atoms with Crippen molar-refractivity contribution in [3.63, 3.8) is 0 Å². The zero-order valence-electron chi connectivity index (χ0n) is 6.31. The van der Waals surface area contributed by atoms with Crippen LogP contribution in [-0.4, -0.2) is 18.5 Å². The molecule has 0 atom stereocenters. The Bertz CT molecular complexity index is 81.4. The van der Waals surface area contributed by atoms with Crippen LogP contribution in [0.4, 0.5) is 0 Å². The van der Waals surface area contributed by atoms with E-state index in [1.54, 1.807) is 0 Å². The third-order valence-electron chi connectivity index (χ3n) is 0.771. The maximum atomic E-state index is 9.81. The molecule has 2 heteroatoms. The maximum absolute atomic E-state index is 9.81. The molecule has 0 saturated heterocycles. The highest BCUT2D eigenvalue weighted by molar-refractivity contribution is 5.49. The molecule has 0 amide bonds. The van der Waals surface area contributed by atoms with Crippen LogP contribution in [0, 0.1) is 0 Å². The van der Waals surface area contributed by atoms with Crippen LogP contribution in [0.15, 0.2) is 0 Å². The van der Waals surface area contributed by atoms with E-state index in [9.17, 15) is 4.79 Å². The molecule has 2 nitrogen and oxygen atoms in total. The van der Waals surface area contributed by atoms with E-state index in [4.69, 9.17) is 4.74 Å². The normalized spacial score (nSPS) is 11.4. The van der Waals surface area contributed by atoms with Gasteiger partial charge in [-0.3, -0.25) is 0 Å². The highest BCUT2D eigenvalue weighted by Gasteiger charge is 2.08. The smallest absolute Gasteiger partial charge is 0.122 e. The number of ether oxygens (including phenoxy) is 1. The molecule has 0 N–H and O–H groups in total. The van der Waals surface area contributed by atoms with Gasteiger partial charge in [-0.2, -0.15) is 0 Å². The first kappa shape index (κ1) is 8.63. The number of rotatable bonds is 3. The van der Waals surface area contributed by atoms with Crippen LogP contribution in [-0.2, 0) is 9.53 Å². The second kappa shape index (κ2) is 3.62. The van der Waals surface area contributed by atoms with Gasteiger partial charge in [0.15, 0.2) is 0 Å². The highest BCUT2D eigenvalue weighted by atomic mass is 16.5. The van der Waals surface area contributed by atoms with Crippen LogP contribution in [0.5, 0.6) is 0 Å². The first-order valence-corrected chi connectivity index (χ1v) is 3.14. The van der Waals surface area contributed by atoms with E-state index in [2.05, 4.69) is 0 Å². The van der Waals surface area contributed by atoms with Crippen LogP contribution < -0.4 is 0 Å². The fraction of sp³-hybridized carbons (Fsp3) is 0.857. The Kier molecular flexibility index (Phi) is 3.47. The van der Waals surface area contributed by atoms with Crippen molar-refractivity contribution in [3.05, 3.63) is 0 Å². The minimum Gasteiger partial charge on any atom is -0.375 e. The third-order valence-corrected chi connectivity index (χ3v) is 0.771. The molecule has 0 aliphatic heterocycles. The molecule has 0 rings (SSSR count). The average Bonchev–Trinajstić information content (AvgIpc) is 1.63. The molecule has 0 unspecified atom stereocenters. The molecule has 0 bridgehead atoms. The van der Waals surface area contributed by atoms with Crippen molar-refractivity contribution in [3.8, 4) is 0 Å². The minimum atomic E-state index is -0.108. The first-order valence-electron chi connectivity index (χ1n) is 3.14. The molecule has 9 heavy (non-hydrogen) atoms. The molecule has 0 aromatic rings. The van der Waals surface area contributed by atoms with E-state index in [0.717, 1.165) is 6.29 Å². The SMILES string of the molecule is CC(C)(C)OCCC=O. The highest BCUT2D eigenvalue weighted by Crippen LogP contribution is 2.05. The molecule has 0 spiro atoms. The number of aldehydes is 1. The van der Waals surface area contributed by atoms with Crippen LogP contribution in [0.1, 0.15) is 27.2 Å². The average molecular weight is 130 g/mol. The summed E-state index contributed by atoms with van der Waals surface area (Å²) >= 11 is 0. The van der Waals surface area contributed by atoms with Gasteiger partial charge < -0.3 is 9.53 Å². The van der Waals surface area contributed by atoms with Crippen molar-refractivity contribution in [2.24, 2.45) is 0 Å². The number of carbonyl (C=O) groups is 1. The zero-order chi connectivity index (χ0) is 7.33. The third kappa shape index (κ3) is 7.63. The molecular formula is C7H14O2. The van der Waals surface area contributed by atoms with Crippen LogP contribution >= 0.6 is 0 Å². The maximum Gasteiger partial charge on any atom is 0.122 e. The van der Waals surface area contributed by atoms with Crippen molar-refractivity contribution in [1.29, 1.82) is 0 Å². The van der Waals surface area contributed by atoms with E-state index >= 15 is 0 Å². The molecule has 0 aromatic heterocycles. The predicted molar refractivity (Wildman–Crippen MR) is 36.4 cm³/mol. The van der Waals surface area contributed by atoms with E-state index in [1.807, 2.05) is 20.8 Å². The summed E-state index contributed by atoms with van der Waals surface area (Å²) in [6, 6.07) is 0. The van der Waals surface area contributed by atoms with Gasteiger partial charge in [-0.25, -0.2) is 0 Å². The van der Waals surface area contributed by atoms with E-state index < -0.39 is 0 Å². The molecule has 0 fully saturated rings. The van der Waals surface area contributed by atoms with Crippen LogP contribution in [0.3, 0.4) is 0 Å². The summed E-state index contributed by atoms with van der Waals surface area (Å²) in [4.78, 5) is 9.81. The van der Waals surface area contributed by atoms with Crippen molar-refractivity contribution >= 4 is 6.29 Å². The second-order valence-electron chi connectivity index (χ2n) is 2.92. The van der Waals surface area contributed by atoms with Gasteiger partial charge in [0.2, 0.25) is 0 Å². The van der Waals surface area contributed by atoms with Gasteiger partial charge in [0.1, 0.15) is 6.29 Å². The monoisotopic (exact) mass is 130 g/mol. The van der Waals surface area contributed by atoms with Gasteiger partial charge in [-0.05, 0) is 20.8 Å². The lowest BCUT2D eigenvalue weighted by molar-refractivity contribution is -0.109. The summed E-state index contributed by atoms with van der Waals surface area (Å²) in [6.07, 6.45) is 1.36. The van der Waals surface area contributed by atoms with Crippen molar-refractivity contribution in [2.75, 3.05) is 6.61 Å². The molecule has 0 radical (unpaired) electrons.